The topological polar surface area (TPSA) is 77.5 Å². The van der Waals surface area contributed by atoms with Gasteiger partial charge in [0, 0.05) is 16.2 Å². The average Bonchev–Trinajstić information content (AvgIpc) is 2.85. The van der Waals surface area contributed by atoms with E-state index in [0.29, 0.717) is 5.75 Å². The van der Waals surface area contributed by atoms with Gasteiger partial charge in [-0.3, -0.25) is 10.2 Å². The van der Waals surface area contributed by atoms with Crippen LogP contribution < -0.4 is 16.0 Å². The molecule has 1 aromatic heterocycles. The van der Waals surface area contributed by atoms with Crippen molar-refractivity contribution in [3.8, 4) is 5.75 Å². The Hall–Kier alpha value is -1.92. The van der Waals surface area contributed by atoms with E-state index in [9.17, 15) is 4.79 Å². The number of methoxy groups -OCH3 is 1. The zero-order chi connectivity index (χ0) is 14.5. The van der Waals surface area contributed by atoms with E-state index in [4.69, 9.17) is 15.0 Å². The second-order valence-corrected chi connectivity index (χ2v) is 5.18. The number of amides is 1. The highest BCUT2D eigenvalue weighted by Gasteiger charge is 2.13. The summed E-state index contributed by atoms with van der Waals surface area (Å²) >= 11 is 1.65. The molecule has 106 valence electrons. The van der Waals surface area contributed by atoms with E-state index in [-0.39, 0.29) is 5.76 Å². The number of benzene rings is 1. The summed E-state index contributed by atoms with van der Waals surface area (Å²) in [6.07, 6.45) is 0. The van der Waals surface area contributed by atoms with Gasteiger partial charge in [0.15, 0.2) is 5.76 Å². The zero-order valence-corrected chi connectivity index (χ0v) is 12.1. The van der Waals surface area contributed by atoms with Crippen molar-refractivity contribution in [1.29, 1.82) is 0 Å². The maximum atomic E-state index is 11.4. The number of ether oxygens (including phenoxy) is 1. The number of nitrogens with one attached hydrogen (secondary N) is 1. The molecule has 0 radical (unpaired) electrons. The van der Waals surface area contributed by atoms with Crippen LogP contribution in [0, 0.1) is 6.92 Å². The molecule has 0 fully saturated rings. The van der Waals surface area contributed by atoms with Crippen molar-refractivity contribution >= 4 is 17.7 Å². The van der Waals surface area contributed by atoms with Gasteiger partial charge in [0.1, 0.15) is 11.5 Å². The summed E-state index contributed by atoms with van der Waals surface area (Å²) in [7, 11) is 1.64. The van der Waals surface area contributed by atoms with E-state index in [1.54, 1.807) is 24.9 Å². The van der Waals surface area contributed by atoms with E-state index in [2.05, 4.69) is 5.43 Å². The minimum Gasteiger partial charge on any atom is -0.497 e. The lowest BCUT2D eigenvalue weighted by Crippen LogP contribution is -2.29. The van der Waals surface area contributed by atoms with Crippen LogP contribution in [0.2, 0.25) is 0 Å². The van der Waals surface area contributed by atoms with Crippen LogP contribution >= 0.6 is 11.8 Å². The quantitative estimate of drug-likeness (QED) is 0.383. The third kappa shape index (κ3) is 3.34. The van der Waals surface area contributed by atoms with Gasteiger partial charge in [-0.1, -0.05) is 6.07 Å². The number of nitrogens with two attached hydrogens (primary N) is 1. The molecule has 0 saturated carbocycles. The molecule has 0 unspecified atom stereocenters. The first kappa shape index (κ1) is 14.5. The van der Waals surface area contributed by atoms with E-state index >= 15 is 0 Å². The summed E-state index contributed by atoms with van der Waals surface area (Å²) in [5, 5.41) is 0. The molecule has 0 atom stereocenters. The fourth-order valence-corrected chi connectivity index (χ4v) is 2.68. The monoisotopic (exact) mass is 292 g/mol. The number of aryl methyl sites for hydroxylation is 1. The Morgan fingerprint density at radius 3 is 2.95 bits per heavy atom. The number of nitrogen functional groups attached to an aromatic ring is 1. The first-order valence-electron chi connectivity index (χ1n) is 6.01. The van der Waals surface area contributed by atoms with Crippen molar-refractivity contribution in [2.24, 2.45) is 5.84 Å². The molecule has 20 heavy (non-hydrogen) atoms. The molecule has 0 aliphatic rings. The average molecular weight is 292 g/mol. The summed E-state index contributed by atoms with van der Waals surface area (Å²) in [5.74, 6) is 7.14. The number of thioether (sulfide) groups is 1. The number of hydrogen-bond donors (Lipinski definition) is 2. The predicted molar refractivity (Wildman–Crippen MR) is 77.7 cm³/mol. The Kier molecular flexibility index (Phi) is 4.70. The summed E-state index contributed by atoms with van der Waals surface area (Å²) in [6, 6.07) is 9.53. The maximum absolute atomic E-state index is 11.4. The molecule has 0 saturated heterocycles. The number of furan rings is 1. The van der Waals surface area contributed by atoms with E-state index < -0.39 is 5.91 Å². The van der Waals surface area contributed by atoms with Crippen molar-refractivity contribution < 1.29 is 13.9 Å². The molecule has 2 rings (SSSR count). The largest absolute Gasteiger partial charge is 0.497 e. The highest BCUT2D eigenvalue weighted by atomic mass is 32.2. The number of hydrazine groups is 1. The minimum atomic E-state index is -0.425. The lowest BCUT2D eigenvalue weighted by atomic mass is 10.3. The SMILES string of the molecule is COc1cccc(SCc2cc(C(=O)NN)oc2C)c1. The first-order valence-corrected chi connectivity index (χ1v) is 6.99. The molecule has 5 nitrogen and oxygen atoms in total. The van der Waals surface area contributed by atoms with Gasteiger partial charge in [0.25, 0.3) is 0 Å². The smallest absolute Gasteiger partial charge is 0.300 e. The van der Waals surface area contributed by atoms with Gasteiger partial charge >= 0.3 is 5.91 Å². The molecule has 3 N–H and O–H groups in total. The molecule has 1 aromatic carbocycles. The Morgan fingerprint density at radius 1 is 1.45 bits per heavy atom. The van der Waals surface area contributed by atoms with Crippen molar-refractivity contribution in [1.82, 2.24) is 5.43 Å². The molecule has 0 bridgehead atoms. The summed E-state index contributed by atoms with van der Waals surface area (Å²) < 4.78 is 10.6. The van der Waals surface area contributed by atoms with Crippen LogP contribution in [0.4, 0.5) is 0 Å². The van der Waals surface area contributed by atoms with Gasteiger partial charge < -0.3 is 9.15 Å². The number of carbonyl (C=O) groups is 1. The second-order valence-electron chi connectivity index (χ2n) is 4.13. The fourth-order valence-electron chi connectivity index (χ4n) is 1.70. The Balaban J connectivity index is 2.06. The van der Waals surface area contributed by atoms with E-state index in [1.807, 2.05) is 31.2 Å². The summed E-state index contributed by atoms with van der Waals surface area (Å²) in [6.45, 7) is 1.83. The van der Waals surface area contributed by atoms with Crippen molar-refractivity contribution in [2.45, 2.75) is 17.6 Å². The van der Waals surface area contributed by atoms with Crippen molar-refractivity contribution in [3.05, 3.63) is 47.4 Å². The van der Waals surface area contributed by atoms with Crippen molar-refractivity contribution in [3.63, 3.8) is 0 Å². The van der Waals surface area contributed by atoms with Gasteiger partial charge in [-0.25, -0.2) is 5.84 Å². The Labute approximate surface area is 121 Å². The van der Waals surface area contributed by atoms with Crippen LogP contribution in [0.25, 0.3) is 0 Å². The van der Waals surface area contributed by atoms with Gasteiger partial charge in [-0.15, -0.1) is 11.8 Å². The first-order chi connectivity index (χ1) is 9.63. The summed E-state index contributed by atoms with van der Waals surface area (Å²) in [4.78, 5) is 12.5. The van der Waals surface area contributed by atoms with Gasteiger partial charge in [0.2, 0.25) is 0 Å². The molecule has 0 spiro atoms. The third-order valence-electron chi connectivity index (χ3n) is 2.81. The highest BCUT2D eigenvalue weighted by molar-refractivity contribution is 7.98. The predicted octanol–water partition coefficient (Wildman–Crippen LogP) is 2.49. The molecular weight excluding hydrogens is 276 g/mol. The molecule has 0 aliphatic carbocycles. The Bertz CT molecular complexity index is 610. The van der Waals surface area contributed by atoms with E-state index in [1.165, 1.54) is 0 Å². The van der Waals surface area contributed by atoms with E-state index in [0.717, 1.165) is 22.0 Å². The molecule has 6 heteroatoms. The minimum absolute atomic E-state index is 0.228. The third-order valence-corrected chi connectivity index (χ3v) is 3.85. The van der Waals surface area contributed by atoms with Crippen LogP contribution in [0.5, 0.6) is 5.75 Å². The number of carbonyl (C=O) groups excluding carboxylic acids is 1. The molecule has 1 amide bonds. The second kappa shape index (κ2) is 6.49. The lowest BCUT2D eigenvalue weighted by molar-refractivity contribution is 0.0924. The number of hydrogen-bond acceptors (Lipinski definition) is 5. The van der Waals surface area contributed by atoms with Crippen LogP contribution in [0.3, 0.4) is 0 Å². The molecule has 2 aromatic rings. The van der Waals surface area contributed by atoms with Crippen LogP contribution in [0.15, 0.2) is 39.6 Å². The summed E-state index contributed by atoms with van der Waals surface area (Å²) in [5.41, 5.74) is 3.02. The normalized spacial score (nSPS) is 10.3. The number of rotatable bonds is 5. The van der Waals surface area contributed by atoms with Gasteiger partial charge in [-0.05, 0) is 31.2 Å². The fraction of sp³-hybridized carbons (Fsp3) is 0.214. The molecular formula is C14H16N2O3S. The van der Waals surface area contributed by atoms with Crippen LogP contribution in [-0.4, -0.2) is 13.0 Å². The maximum Gasteiger partial charge on any atom is 0.300 e. The van der Waals surface area contributed by atoms with Gasteiger partial charge in [0.05, 0.1) is 7.11 Å². The molecule has 1 heterocycles. The lowest BCUT2D eigenvalue weighted by Gasteiger charge is -2.03. The molecule has 0 aliphatic heterocycles. The highest BCUT2D eigenvalue weighted by Crippen LogP contribution is 2.28. The van der Waals surface area contributed by atoms with Crippen LogP contribution in [-0.2, 0) is 5.75 Å². The van der Waals surface area contributed by atoms with Crippen molar-refractivity contribution in [2.75, 3.05) is 7.11 Å². The zero-order valence-electron chi connectivity index (χ0n) is 11.3. The van der Waals surface area contributed by atoms with Crippen LogP contribution in [0.1, 0.15) is 21.9 Å². The van der Waals surface area contributed by atoms with Gasteiger partial charge in [-0.2, -0.15) is 0 Å². The Morgan fingerprint density at radius 2 is 2.25 bits per heavy atom. The standard InChI is InChI=1S/C14H16N2O3S/c1-9-10(6-13(19-9)14(17)16-15)8-20-12-5-3-4-11(7-12)18-2/h3-7H,8,15H2,1-2H3,(H,16,17).